The smallest absolute Gasteiger partial charge is 0.0207 e. The van der Waals surface area contributed by atoms with Gasteiger partial charge in [0.25, 0.3) is 0 Å². The van der Waals surface area contributed by atoms with Crippen LogP contribution in [-0.2, 0) is 0 Å². The Labute approximate surface area is 89.1 Å². The third-order valence-electron chi connectivity index (χ3n) is 3.09. The molecule has 0 aliphatic carbocycles. The van der Waals surface area contributed by atoms with Gasteiger partial charge in [-0.05, 0) is 32.5 Å². The van der Waals surface area contributed by atoms with Crippen molar-refractivity contribution < 1.29 is 0 Å². The number of likely N-dealkylation sites (tertiary alicyclic amines) is 1. The minimum Gasteiger partial charge on any atom is -0.313 e. The molecule has 1 fully saturated rings. The maximum atomic E-state index is 3.53. The normalized spacial score (nSPS) is 23.1. The molecule has 2 nitrogen and oxygen atoms in total. The fourth-order valence-corrected chi connectivity index (χ4v) is 2.25. The van der Waals surface area contributed by atoms with Gasteiger partial charge in [0.2, 0.25) is 0 Å². The monoisotopic (exact) mass is 198 g/mol. The first-order valence-electron chi connectivity index (χ1n) is 6.32. The Morgan fingerprint density at radius 2 is 2.07 bits per heavy atom. The molecule has 0 radical (unpaired) electrons. The first kappa shape index (κ1) is 12.0. The van der Waals surface area contributed by atoms with E-state index in [1.54, 1.807) is 0 Å². The molecular weight excluding hydrogens is 172 g/mol. The summed E-state index contributed by atoms with van der Waals surface area (Å²) in [6, 6.07) is 0.770. The molecule has 1 N–H and O–H groups in total. The Kier molecular flexibility index (Phi) is 6.20. The summed E-state index contributed by atoms with van der Waals surface area (Å²) < 4.78 is 0. The van der Waals surface area contributed by atoms with Crippen LogP contribution in [0.25, 0.3) is 0 Å². The summed E-state index contributed by atoms with van der Waals surface area (Å²) in [4.78, 5) is 2.61. The van der Waals surface area contributed by atoms with E-state index >= 15 is 0 Å². The van der Waals surface area contributed by atoms with Crippen LogP contribution < -0.4 is 5.32 Å². The Hall–Kier alpha value is -0.0800. The summed E-state index contributed by atoms with van der Waals surface area (Å²) in [6.45, 7) is 9.50. The Bertz CT molecular complexity index is 136. The molecule has 1 saturated heterocycles. The molecule has 2 heteroatoms. The first-order valence-corrected chi connectivity index (χ1v) is 6.32. The number of hydrogen-bond donors (Lipinski definition) is 1. The second-order valence-corrected chi connectivity index (χ2v) is 4.40. The van der Waals surface area contributed by atoms with Crippen molar-refractivity contribution >= 4 is 0 Å². The van der Waals surface area contributed by atoms with E-state index in [0.717, 1.165) is 12.6 Å². The van der Waals surface area contributed by atoms with E-state index in [1.807, 2.05) is 0 Å². The van der Waals surface area contributed by atoms with Crippen molar-refractivity contribution in [2.24, 2.45) is 0 Å². The largest absolute Gasteiger partial charge is 0.313 e. The number of rotatable bonds is 7. The lowest BCUT2D eigenvalue weighted by molar-refractivity contribution is 0.319. The number of likely N-dealkylation sites (N-methyl/N-ethyl adjacent to an activating group) is 1. The van der Waals surface area contributed by atoms with Gasteiger partial charge in [-0.2, -0.15) is 0 Å². The minimum absolute atomic E-state index is 0.770. The summed E-state index contributed by atoms with van der Waals surface area (Å²) in [5.74, 6) is 0. The fourth-order valence-electron chi connectivity index (χ4n) is 2.25. The van der Waals surface area contributed by atoms with Gasteiger partial charge in [-0.1, -0.05) is 33.1 Å². The van der Waals surface area contributed by atoms with Crippen molar-refractivity contribution in [3.8, 4) is 0 Å². The van der Waals surface area contributed by atoms with Crippen molar-refractivity contribution in [3.63, 3.8) is 0 Å². The van der Waals surface area contributed by atoms with Crippen LogP contribution in [0.5, 0.6) is 0 Å². The molecule has 84 valence electrons. The highest BCUT2D eigenvalue weighted by Crippen LogP contribution is 2.10. The lowest BCUT2D eigenvalue weighted by Crippen LogP contribution is -2.32. The summed E-state index contributed by atoms with van der Waals surface area (Å²) in [7, 11) is 0. The summed E-state index contributed by atoms with van der Waals surface area (Å²) in [5.41, 5.74) is 0. The molecule has 0 aromatic heterocycles. The summed E-state index contributed by atoms with van der Waals surface area (Å²) in [5, 5.41) is 3.53. The molecule has 0 saturated carbocycles. The Morgan fingerprint density at radius 1 is 1.21 bits per heavy atom. The van der Waals surface area contributed by atoms with E-state index in [-0.39, 0.29) is 0 Å². The van der Waals surface area contributed by atoms with E-state index in [1.165, 1.54) is 51.7 Å². The second kappa shape index (κ2) is 7.24. The van der Waals surface area contributed by atoms with E-state index in [4.69, 9.17) is 0 Å². The van der Waals surface area contributed by atoms with Crippen molar-refractivity contribution in [1.82, 2.24) is 10.2 Å². The molecule has 0 bridgehead atoms. The Balaban J connectivity index is 1.98. The van der Waals surface area contributed by atoms with Crippen LogP contribution in [0.2, 0.25) is 0 Å². The van der Waals surface area contributed by atoms with Crippen LogP contribution in [-0.4, -0.2) is 37.1 Å². The second-order valence-electron chi connectivity index (χ2n) is 4.40. The third kappa shape index (κ3) is 4.43. The molecular formula is C12H26N2. The zero-order valence-corrected chi connectivity index (χ0v) is 9.89. The molecule has 0 aromatic carbocycles. The molecule has 0 aromatic rings. The standard InChI is InChI=1S/C12H26N2/c1-3-5-6-7-9-14-10-8-12(11-14)13-4-2/h12-13H,3-11H2,1-2H3. The molecule has 1 aliphatic heterocycles. The highest BCUT2D eigenvalue weighted by atomic mass is 15.2. The molecule has 0 spiro atoms. The van der Waals surface area contributed by atoms with Gasteiger partial charge in [0.05, 0.1) is 0 Å². The van der Waals surface area contributed by atoms with Crippen molar-refractivity contribution in [2.75, 3.05) is 26.2 Å². The van der Waals surface area contributed by atoms with Crippen molar-refractivity contribution in [3.05, 3.63) is 0 Å². The van der Waals surface area contributed by atoms with Gasteiger partial charge >= 0.3 is 0 Å². The Morgan fingerprint density at radius 3 is 2.79 bits per heavy atom. The van der Waals surface area contributed by atoms with Crippen LogP contribution in [0, 0.1) is 0 Å². The van der Waals surface area contributed by atoms with Crippen LogP contribution in [0.4, 0.5) is 0 Å². The quantitative estimate of drug-likeness (QED) is 0.631. The molecule has 1 rings (SSSR count). The maximum absolute atomic E-state index is 3.53. The summed E-state index contributed by atoms with van der Waals surface area (Å²) >= 11 is 0. The number of unbranched alkanes of at least 4 members (excludes halogenated alkanes) is 3. The lowest BCUT2D eigenvalue weighted by Gasteiger charge is -2.15. The average Bonchev–Trinajstić information content (AvgIpc) is 2.61. The number of hydrogen-bond acceptors (Lipinski definition) is 2. The molecule has 14 heavy (non-hydrogen) atoms. The van der Waals surface area contributed by atoms with Crippen LogP contribution >= 0.6 is 0 Å². The van der Waals surface area contributed by atoms with Crippen LogP contribution in [0.3, 0.4) is 0 Å². The van der Waals surface area contributed by atoms with Crippen molar-refractivity contribution in [2.45, 2.75) is 52.0 Å². The topological polar surface area (TPSA) is 15.3 Å². The maximum Gasteiger partial charge on any atom is 0.0207 e. The van der Waals surface area contributed by atoms with Gasteiger partial charge in [0, 0.05) is 12.6 Å². The zero-order valence-electron chi connectivity index (χ0n) is 9.89. The lowest BCUT2D eigenvalue weighted by atomic mass is 10.2. The molecule has 1 heterocycles. The molecule has 1 atom stereocenters. The number of nitrogens with one attached hydrogen (secondary N) is 1. The molecule has 0 amide bonds. The fraction of sp³-hybridized carbons (Fsp3) is 1.00. The first-order chi connectivity index (χ1) is 6.86. The predicted octanol–water partition coefficient (Wildman–Crippen LogP) is 2.25. The molecule has 1 aliphatic rings. The number of nitrogens with zero attached hydrogens (tertiary/aromatic N) is 1. The van der Waals surface area contributed by atoms with Gasteiger partial charge in [-0.15, -0.1) is 0 Å². The highest BCUT2D eigenvalue weighted by molar-refractivity contribution is 4.80. The predicted molar refractivity (Wildman–Crippen MR) is 62.7 cm³/mol. The van der Waals surface area contributed by atoms with Crippen molar-refractivity contribution in [1.29, 1.82) is 0 Å². The van der Waals surface area contributed by atoms with Crippen LogP contribution in [0.15, 0.2) is 0 Å². The minimum atomic E-state index is 0.770. The third-order valence-corrected chi connectivity index (χ3v) is 3.09. The zero-order chi connectivity index (χ0) is 10.2. The van der Waals surface area contributed by atoms with Gasteiger partial charge in [-0.25, -0.2) is 0 Å². The van der Waals surface area contributed by atoms with Crippen LogP contribution in [0.1, 0.15) is 46.0 Å². The molecule has 1 unspecified atom stereocenters. The van der Waals surface area contributed by atoms with E-state index in [9.17, 15) is 0 Å². The average molecular weight is 198 g/mol. The van der Waals surface area contributed by atoms with E-state index in [0.29, 0.717) is 0 Å². The summed E-state index contributed by atoms with van der Waals surface area (Å²) in [6.07, 6.45) is 6.91. The highest BCUT2D eigenvalue weighted by Gasteiger charge is 2.20. The van der Waals surface area contributed by atoms with Gasteiger partial charge in [0.1, 0.15) is 0 Å². The van der Waals surface area contributed by atoms with Gasteiger partial charge < -0.3 is 10.2 Å². The van der Waals surface area contributed by atoms with Gasteiger partial charge in [0.15, 0.2) is 0 Å². The SMILES string of the molecule is CCCCCCN1CCC(NCC)C1. The van der Waals surface area contributed by atoms with E-state index in [2.05, 4.69) is 24.1 Å². The van der Waals surface area contributed by atoms with Gasteiger partial charge in [-0.3, -0.25) is 0 Å². The van der Waals surface area contributed by atoms with E-state index < -0.39 is 0 Å².